The molecule has 0 aromatic rings. The van der Waals surface area contributed by atoms with Crippen molar-refractivity contribution in [2.45, 2.75) is 13.0 Å². The van der Waals surface area contributed by atoms with Gasteiger partial charge in [0.25, 0.3) is 0 Å². The molecule has 0 amide bonds. The minimum absolute atomic E-state index is 0.0127. The molecule has 0 saturated heterocycles. The summed E-state index contributed by atoms with van der Waals surface area (Å²) in [6.07, 6.45) is 1.81. The summed E-state index contributed by atoms with van der Waals surface area (Å²) < 4.78 is 0.0127. The van der Waals surface area contributed by atoms with E-state index in [9.17, 15) is 0 Å². The van der Waals surface area contributed by atoms with Gasteiger partial charge in [0, 0.05) is 16.8 Å². The molecular weight excluding hydrogens is 203 g/mol. The highest BCUT2D eigenvalue weighted by atomic mass is 35.5. The van der Waals surface area contributed by atoms with Crippen molar-refractivity contribution >= 4 is 39.5 Å². The van der Waals surface area contributed by atoms with E-state index in [-0.39, 0.29) is 10.5 Å². The van der Waals surface area contributed by atoms with E-state index in [2.05, 4.69) is 0 Å². The van der Waals surface area contributed by atoms with Crippen molar-refractivity contribution in [3.05, 3.63) is 11.0 Å². The fourth-order valence-electron chi connectivity index (χ4n) is 0.528. The van der Waals surface area contributed by atoms with Crippen LogP contribution in [0.4, 0.5) is 0 Å². The van der Waals surface area contributed by atoms with Crippen molar-refractivity contribution in [3.8, 4) is 0 Å². The molecule has 0 fully saturated rings. The summed E-state index contributed by atoms with van der Waals surface area (Å²) in [5.74, 6) is 0.344. The Morgan fingerprint density at radius 3 is 2.64 bits per heavy atom. The Morgan fingerprint density at radius 2 is 2.36 bits per heavy atom. The van der Waals surface area contributed by atoms with E-state index in [0.29, 0.717) is 5.88 Å². The second-order valence-corrected chi connectivity index (χ2v) is 3.82. The van der Waals surface area contributed by atoms with Crippen LogP contribution in [0.25, 0.3) is 0 Å². The van der Waals surface area contributed by atoms with Crippen molar-refractivity contribution < 1.29 is 0 Å². The maximum Gasteiger partial charge on any atom is 0.159 e. The zero-order valence-corrected chi connectivity index (χ0v) is 8.43. The van der Waals surface area contributed by atoms with Crippen LogP contribution < -0.4 is 5.73 Å². The molecule has 0 rings (SSSR count). The lowest BCUT2D eigenvalue weighted by Gasteiger charge is -2.09. The first-order valence-electron chi connectivity index (χ1n) is 3.01. The number of hydrogen-bond donors (Lipinski definition) is 2. The Kier molecular flexibility index (Phi) is 6.05. The van der Waals surface area contributed by atoms with Gasteiger partial charge >= 0.3 is 0 Å². The van der Waals surface area contributed by atoms with Gasteiger partial charge in [-0.05, 0) is 6.92 Å². The summed E-state index contributed by atoms with van der Waals surface area (Å²) in [7, 11) is 0. The maximum absolute atomic E-state index is 6.99. The third-order valence-corrected chi connectivity index (χ3v) is 2.54. The lowest BCUT2D eigenvalue weighted by atomic mass is 10.3. The third kappa shape index (κ3) is 4.69. The molecular formula is C6H10Cl2N2S. The van der Waals surface area contributed by atoms with Crippen molar-refractivity contribution in [2.75, 3.05) is 5.88 Å². The van der Waals surface area contributed by atoms with E-state index in [1.807, 2.05) is 13.0 Å². The first-order valence-corrected chi connectivity index (χ1v) is 4.74. The van der Waals surface area contributed by atoms with Crippen LogP contribution in [0.2, 0.25) is 0 Å². The van der Waals surface area contributed by atoms with Gasteiger partial charge in [0.05, 0.1) is 0 Å². The van der Waals surface area contributed by atoms with E-state index in [0.717, 1.165) is 16.7 Å². The Hall–Kier alpha value is 0.300. The van der Waals surface area contributed by atoms with Gasteiger partial charge in [0.15, 0.2) is 4.50 Å². The normalized spacial score (nSPS) is 14.7. The van der Waals surface area contributed by atoms with Crippen LogP contribution in [0.3, 0.4) is 0 Å². The van der Waals surface area contributed by atoms with Crippen molar-refractivity contribution in [3.63, 3.8) is 0 Å². The van der Waals surface area contributed by atoms with Crippen LogP contribution in [0.5, 0.6) is 0 Å². The highest BCUT2D eigenvalue weighted by molar-refractivity contribution is 8.19. The number of halogens is 2. The largest absolute Gasteiger partial charge is 0.323 e. The lowest BCUT2D eigenvalue weighted by molar-refractivity contribution is 0.918. The monoisotopic (exact) mass is 212 g/mol. The molecule has 3 N–H and O–H groups in total. The number of nitrogens with one attached hydrogen (secondary N) is 1. The summed E-state index contributed by atoms with van der Waals surface area (Å²) in [4.78, 5) is 0.833. The number of alkyl halides is 1. The molecule has 0 aromatic carbocycles. The van der Waals surface area contributed by atoms with Crippen LogP contribution in [0.15, 0.2) is 11.0 Å². The van der Waals surface area contributed by atoms with Crippen molar-refractivity contribution in [1.82, 2.24) is 0 Å². The fourth-order valence-corrected chi connectivity index (χ4v) is 1.61. The number of thioether (sulfide) groups is 1. The molecule has 64 valence electrons. The fraction of sp³-hybridized carbons (Fsp3) is 0.500. The average molecular weight is 213 g/mol. The Bertz CT molecular complexity index is 170. The van der Waals surface area contributed by atoms with Gasteiger partial charge in [-0.3, -0.25) is 5.41 Å². The molecule has 0 saturated carbocycles. The summed E-state index contributed by atoms with van der Waals surface area (Å²) in [6, 6.07) is -0.217. The van der Waals surface area contributed by atoms with E-state index in [4.69, 9.17) is 34.3 Å². The molecule has 0 radical (unpaired) electrons. The molecule has 0 aliphatic rings. The van der Waals surface area contributed by atoms with Crippen LogP contribution in [-0.2, 0) is 0 Å². The van der Waals surface area contributed by atoms with E-state index in [1.54, 1.807) is 0 Å². The van der Waals surface area contributed by atoms with Gasteiger partial charge < -0.3 is 5.73 Å². The molecule has 2 nitrogen and oxygen atoms in total. The Labute approximate surface area is 80.6 Å². The minimum atomic E-state index is -0.217. The minimum Gasteiger partial charge on any atom is -0.323 e. The Morgan fingerprint density at radius 1 is 1.82 bits per heavy atom. The molecule has 0 aliphatic carbocycles. The summed E-state index contributed by atoms with van der Waals surface area (Å²) in [5.41, 5.74) is 5.60. The molecule has 0 aliphatic heterocycles. The molecule has 0 bridgehead atoms. The SMILES string of the molecule is C/C=C(\SC(=N)Cl)C(N)CCl. The molecule has 5 heteroatoms. The van der Waals surface area contributed by atoms with Crippen molar-refractivity contribution in [1.29, 1.82) is 5.41 Å². The topological polar surface area (TPSA) is 49.9 Å². The van der Waals surface area contributed by atoms with Crippen LogP contribution in [-0.4, -0.2) is 16.4 Å². The van der Waals surface area contributed by atoms with Crippen LogP contribution in [0.1, 0.15) is 6.92 Å². The molecule has 1 unspecified atom stereocenters. The lowest BCUT2D eigenvalue weighted by Crippen LogP contribution is -2.23. The first kappa shape index (κ1) is 11.3. The molecule has 11 heavy (non-hydrogen) atoms. The van der Waals surface area contributed by atoms with Gasteiger partial charge in [-0.2, -0.15) is 0 Å². The first-order chi connectivity index (χ1) is 5.11. The smallest absolute Gasteiger partial charge is 0.159 e. The number of nitrogens with two attached hydrogens (primary N) is 1. The number of rotatable bonds is 3. The highest BCUT2D eigenvalue weighted by Crippen LogP contribution is 2.21. The zero-order chi connectivity index (χ0) is 8.85. The molecule has 1 atom stereocenters. The summed E-state index contributed by atoms with van der Waals surface area (Å²) in [5, 5.41) is 6.99. The van der Waals surface area contributed by atoms with Gasteiger partial charge in [-0.25, -0.2) is 0 Å². The quantitative estimate of drug-likeness (QED) is 0.429. The molecule has 0 heterocycles. The predicted octanol–water partition coefficient (Wildman–Crippen LogP) is 2.36. The Balaban J connectivity index is 4.08. The standard InChI is InChI=1S/C6H10Cl2N2S/c1-2-5(4(9)3-7)11-6(8)10/h2,4,10H,3,9H2,1H3/b5-2-,10-6?. The van der Waals surface area contributed by atoms with E-state index >= 15 is 0 Å². The second kappa shape index (κ2) is 5.89. The third-order valence-electron chi connectivity index (χ3n) is 1.02. The van der Waals surface area contributed by atoms with E-state index < -0.39 is 0 Å². The van der Waals surface area contributed by atoms with Crippen molar-refractivity contribution in [2.24, 2.45) is 5.73 Å². The number of allylic oxidation sites excluding steroid dienone is 1. The van der Waals surface area contributed by atoms with Gasteiger partial charge in [-0.15, -0.1) is 11.6 Å². The highest BCUT2D eigenvalue weighted by Gasteiger charge is 2.08. The van der Waals surface area contributed by atoms with Crippen LogP contribution in [0, 0.1) is 5.41 Å². The van der Waals surface area contributed by atoms with E-state index in [1.165, 1.54) is 0 Å². The average Bonchev–Trinajstić information content (AvgIpc) is 1.98. The van der Waals surface area contributed by atoms with Gasteiger partial charge in [0.2, 0.25) is 0 Å². The van der Waals surface area contributed by atoms with Gasteiger partial charge in [-0.1, -0.05) is 29.4 Å². The zero-order valence-electron chi connectivity index (χ0n) is 6.10. The number of hydrogen-bond acceptors (Lipinski definition) is 3. The second-order valence-electron chi connectivity index (χ2n) is 1.83. The van der Waals surface area contributed by atoms with Crippen LogP contribution >= 0.6 is 35.0 Å². The predicted molar refractivity (Wildman–Crippen MR) is 53.6 cm³/mol. The summed E-state index contributed by atoms with van der Waals surface area (Å²) >= 11 is 12.0. The summed E-state index contributed by atoms with van der Waals surface area (Å²) in [6.45, 7) is 1.84. The molecule has 0 spiro atoms. The maximum atomic E-state index is 6.99. The molecule has 0 aromatic heterocycles. The van der Waals surface area contributed by atoms with Gasteiger partial charge in [0.1, 0.15) is 0 Å².